The number of halogens is 2. The summed E-state index contributed by atoms with van der Waals surface area (Å²) in [6, 6.07) is 5.13. The first-order chi connectivity index (χ1) is 13.8. The molecule has 1 aliphatic rings. The third-order valence-electron chi connectivity index (χ3n) is 4.70. The van der Waals surface area contributed by atoms with E-state index in [1.165, 1.54) is 26.4 Å². The molecule has 0 aliphatic heterocycles. The zero-order chi connectivity index (χ0) is 21.1. The Labute approximate surface area is 166 Å². The highest BCUT2D eigenvalue weighted by molar-refractivity contribution is 6.14. The molecule has 0 heterocycles. The van der Waals surface area contributed by atoms with Gasteiger partial charge >= 0.3 is 0 Å². The van der Waals surface area contributed by atoms with Crippen molar-refractivity contribution in [3.63, 3.8) is 0 Å². The summed E-state index contributed by atoms with van der Waals surface area (Å²) in [5.74, 6) is -3.15. The highest BCUT2D eigenvalue weighted by Crippen LogP contribution is 2.35. The number of phenolic OH excluding ortho intramolecular Hbond substituents is 2. The van der Waals surface area contributed by atoms with E-state index in [1.54, 1.807) is 12.2 Å². The van der Waals surface area contributed by atoms with Crippen LogP contribution in [-0.4, -0.2) is 30.2 Å². The maximum atomic E-state index is 13.9. The second-order valence-electron chi connectivity index (χ2n) is 6.63. The second kappa shape index (κ2) is 8.34. The molecule has 0 saturated heterocycles. The van der Waals surface area contributed by atoms with Crippen molar-refractivity contribution in [1.82, 2.24) is 0 Å². The van der Waals surface area contributed by atoms with Crippen molar-refractivity contribution in [1.29, 1.82) is 0 Å². The zero-order valence-corrected chi connectivity index (χ0v) is 16.0. The third kappa shape index (κ3) is 4.23. The van der Waals surface area contributed by atoms with Gasteiger partial charge in [-0.25, -0.2) is 8.78 Å². The van der Waals surface area contributed by atoms with Crippen LogP contribution in [0.25, 0.3) is 12.2 Å². The Morgan fingerprint density at radius 3 is 1.62 bits per heavy atom. The number of allylic oxidation sites excluding steroid dienone is 2. The van der Waals surface area contributed by atoms with Gasteiger partial charge in [0.1, 0.15) is 0 Å². The van der Waals surface area contributed by atoms with Crippen LogP contribution < -0.4 is 9.47 Å². The summed E-state index contributed by atoms with van der Waals surface area (Å²) in [6.45, 7) is 0. The maximum absolute atomic E-state index is 13.9. The average Bonchev–Trinajstić information content (AvgIpc) is 2.70. The fourth-order valence-corrected chi connectivity index (χ4v) is 3.25. The molecule has 2 aromatic rings. The van der Waals surface area contributed by atoms with E-state index in [4.69, 9.17) is 9.47 Å². The largest absolute Gasteiger partial charge is 0.502 e. The SMILES string of the molecule is COc1cc(/C=C2\CCC/C(=C\c3cc(F)c(O)c(OC)c3)C2=O)cc(F)c1O. The van der Waals surface area contributed by atoms with Gasteiger partial charge in [0, 0.05) is 11.1 Å². The molecule has 0 bridgehead atoms. The van der Waals surface area contributed by atoms with Gasteiger partial charge in [-0.15, -0.1) is 0 Å². The van der Waals surface area contributed by atoms with E-state index in [9.17, 15) is 23.8 Å². The molecule has 7 heteroatoms. The second-order valence-corrected chi connectivity index (χ2v) is 6.63. The molecule has 0 spiro atoms. The van der Waals surface area contributed by atoms with Crippen molar-refractivity contribution in [3.05, 3.63) is 58.2 Å². The molecule has 1 saturated carbocycles. The van der Waals surface area contributed by atoms with Gasteiger partial charge in [-0.3, -0.25) is 4.79 Å². The topological polar surface area (TPSA) is 76.0 Å². The van der Waals surface area contributed by atoms with Crippen LogP contribution in [0.15, 0.2) is 35.4 Å². The number of ether oxygens (including phenoxy) is 2. The number of carbonyl (C=O) groups excluding carboxylic acids is 1. The van der Waals surface area contributed by atoms with Gasteiger partial charge in [-0.2, -0.15) is 0 Å². The highest BCUT2D eigenvalue weighted by Gasteiger charge is 2.21. The van der Waals surface area contributed by atoms with Crippen molar-refractivity contribution in [3.8, 4) is 23.0 Å². The molecule has 0 aromatic heterocycles. The molecular weight excluding hydrogens is 382 g/mol. The minimum Gasteiger partial charge on any atom is -0.502 e. The monoisotopic (exact) mass is 402 g/mol. The van der Waals surface area contributed by atoms with E-state index >= 15 is 0 Å². The Morgan fingerprint density at radius 1 is 0.828 bits per heavy atom. The van der Waals surface area contributed by atoms with Crippen molar-refractivity contribution < 1.29 is 33.3 Å². The predicted molar refractivity (Wildman–Crippen MR) is 104 cm³/mol. The molecule has 0 radical (unpaired) electrons. The van der Waals surface area contributed by atoms with Crippen molar-refractivity contribution in [2.75, 3.05) is 14.2 Å². The number of carbonyl (C=O) groups is 1. The molecule has 152 valence electrons. The third-order valence-corrected chi connectivity index (χ3v) is 4.70. The summed E-state index contributed by atoms with van der Waals surface area (Å²) in [7, 11) is 2.62. The van der Waals surface area contributed by atoms with E-state index < -0.39 is 23.1 Å². The predicted octanol–water partition coefficient (Wildman–Crippen LogP) is 4.61. The van der Waals surface area contributed by atoms with E-state index in [2.05, 4.69) is 0 Å². The van der Waals surface area contributed by atoms with E-state index in [0.29, 0.717) is 41.5 Å². The number of hydrogen-bond acceptors (Lipinski definition) is 5. The number of rotatable bonds is 4. The van der Waals surface area contributed by atoms with Crippen LogP contribution in [0, 0.1) is 11.6 Å². The fraction of sp³-hybridized carbons (Fsp3) is 0.227. The van der Waals surface area contributed by atoms with Gasteiger partial charge in [-0.05, 0) is 66.8 Å². The maximum Gasteiger partial charge on any atom is 0.194 e. The number of ketones is 1. The molecule has 0 amide bonds. The Balaban J connectivity index is 1.95. The minimum absolute atomic E-state index is 0.0254. The minimum atomic E-state index is -0.845. The Bertz CT molecular complexity index is 945. The van der Waals surface area contributed by atoms with Crippen molar-refractivity contribution in [2.45, 2.75) is 19.3 Å². The Morgan fingerprint density at radius 2 is 1.24 bits per heavy atom. The first-order valence-corrected chi connectivity index (χ1v) is 8.93. The summed E-state index contributed by atoms with van der Waals surface area (Å²) in [6.07, 6.45) is 4.82. The molecule has 1 aliphatic carbocycles. The number of Topliss-reactive ketones (excluding diaryl/α,β-unsaturated/α-hetero) is 1. The Kier molecular flexibility index (Phi) is 5.87. The number of aromatic hydroxyl groups is 2. The van der Waals surface area contributed by atoms with Gasteiger partial charge in [0.15, 0.2) is 40.4 Å². The van der Waals surface area contributed by atoms with Crippen LogP contribution >= 0.6 is 0 Å². The number of methoxy groups -OCH3 is 2. The van der Waals surface area contributed by atoms with Crippen LogP contribution in [0.1, 0.15) is 30.4 Å². The Hall–Kier alpha value is -3.35. The van der Waals surface area contributed by atoms with E-state index in [0.717, 1.165) is 12.1 Å². The van der Waals surface area contributed by atoms with E-state index in [-0.39, 0.29) is 17.3 Å². The molecule has 0 unspecified atom stereocenters. The fourth-order valence-electron chi connectivity index (χ4n) is 3.25. The summed E-state index contributed by atoms with van der Waals surface area (Å²) in [5, 5.41) is 19.2. The van der Waals surface area contributed by atoms with Gasteiger partial charge in [-0.1, -0.05) is 0 Å². The normalized spacial score (nSPS) is 17.0. The number of phenols is 2. The van der Waals surface area contributed by atoms with Crippen LogP contribution in [0.5, 0.6) is 23.0 Å². The number of benzene rings is 2. The molecule has 29 heavy (non-hydrogen) atoms. The average molecular weight is 402 g/mol. The first-order valence-electron chi connectivity index (χ1n) is 8.93. The smallest absolute Gasteiger partial charge is 0.194 e. The molecule has 2 N–H and O–H groups in total. The summed E-state index contributed by atoms with van der Waals surface area (Å²) in [5.41, 5.74) is 1.72. The quantitative estimate of drug-likeness (QED) is 0.731. The van der Waals surface area contributed by atoms with E-state index in [1.807, 2.05) is 0 Å². The summed E-state index contributed by atoms with van der Waals surface area (Å²) >= 11 is 0. The van der Waals surface area contributed by atoms with Gasteiger partial charge in [0.25, 0.3) is 0 Å². The molecule has 0 atom stereocenters. The van der Waals surface area contributed by atoms with Crippen LogP contribution in [0.3, 0.4) is 0 Å². The standard InChI is InChI=1S/C22H20F2O5/c1-28-18-10-12(8-16(23)21(18)26)6-14-4-3-5-15(20(14)25)7-13-9-17(24)22(27)19(11-13)29-2/h6-11,26-27H,3-5H2,1-2H3/b14-6+,15-7+. The van der Waals surface area contributed by atoms with Crippen LogP contribution in [0.4, 0.5) is 8.78 Å². The van der Waals surface area contributed by atoms with Crippen molar-refractivity contribution in [2.24, 2.45) is 0 Å². The van der Waals surface area contributed by atoms with Crippen LogP contribution in [0.2, 0.25) is 0 Å². The highest BCUT2D eigenvalue weighted by atomic mass is 19.1. The first kappa shape index (κ1) is 20.4. The number of hydrogen-bond donors (Lipinski definition) is 2. The molecular formula is C22H20F2O5. The summed E-state index contributed by atoms with van der Waals surface area (Å²) in [4.78, 5) is 12.9. The van der Waals surface area contributed by atoms with Crippen LogP contribution in [-0.2, 0) is 4.79 Å². The van der Waals surface area contributed by atoms with Gasteiger partial charge in [0.2, 0.25) is 0 Å². The van der Waals surface area contributed by atoms with Crippen molar-refractivity contribution >= 4 is 17.9 Å². The lowest BCUT2D eigenvalue weighted by atomic mass is 9.86. The van der Waals surface area contributed by atoms with Gasteiger partial charge in [0.05, 0.1) is 14.2 Å². The molecule has 5 nitrogen and oxygen atoms in total. The lowest BCUT2D eigenvalue weighted by molar-refractivity contribution is -0.112. The summed E-state index contributed by atoms with van der Waals surface area (Å²) < 4.78 is 37.6. The molecule has 3 rings (SSSR count). The lowest BCUT2D eigenvalue weighted by Crippen LogP contribution is -2.12. The zero-order valence-electron chi connectivity index (χ0n) is 16.0. The molecule has 2 aromatic carbocycles. The lowest BCUT2D eigenvalue weighted by Gasteiger charge is -2.17. The molecule has 1 fully saturated rings. The van der Waals surface area contributed by atoms with Gasteiger partial charge < -0.3 is 19.7 Å².